The summed E-state index contributed by atoms with van der Waals surface area (Å²) in [7, 11) is 0. The summed E-state index contributed by atoms with van der Waals surface area (Å²) in [5, 5.41) is 14.0. The van der Waals surface area contributed by atoms with Gasteiger partial charge in [-0.15, -0.1) is 5.10 Å². The molecule has 5 rings (SSSR count). The number of hydrogen-bond donors (Lipinski definition) is 1. The van der Waals surface area contributed by atoms with E-state index in [0.717, 1.165) is 41.7 Å². The zero-order valence-electron chi connectivity index (χ0n) is 19.2. The van der Waals surface area contributed by atoms with Crippen LogP contribution >= 0.6 is 0 Å². The topological polar surface area (TPSA) is 79.7 Å². The number of fused-ring (bicyclic) bond motifs is 1. The van der Waals surface area contributed by atoms with E-state index in [9.17, 15) is 4.79 Å². The highest BCUT2D eigenvalue weighted by Crippen LogP contribution is 2.34. The van der Waals surface area contributed by atoms with Gasteiger partial charge >= 0.3 is 0 Å². The molecule has 170 valence electrons. The minimum Gasteiger partial charge on any atom is -0.321 e. The van der Waals surface area contributed by atoms with Crippen LogP contribution in [-0.2, 0) is 6.54 Å². The minimum atomic E-state index is -0.348. The van der Waals surface area contributed by atoms with E-state index in [0.29, 0.717) is 12.1 Å². The second-order valence-electron chi connectivity index (χ2n) is 8.96. The van der Waals surface area contributed by atoms with Crippen LogP contribution in [0.1, 0.15) is 67.2 Å². The SMILES string of the molecule is CCN(Cc1ccccc1)C(c1cc2cccc(C)c2[nH]c1=O)c1nnnn1C1CCCC1. The zero-order valence-corrected chi connectivity index (χ0v) is 19.2. The molecule has 0 radical (unpaired) electrons. The number of aromatic nitrogens is 5. The first-order valence-electron chi connectivity index (χ1n) is 11.8. The smallest absolute Gasteiger partial charge is 0.253 e. The molecule has 1 aliphatic rings. The van der Waals surface area contributed by atoms with Crippen LogP contribution in [0.15, 0.2) is 59.4 Å². The predicted molar refractivity (Wildman–Crippen MR) is 129 cm³/mol. The van der Waals surface area contributed by atoms with Crippen molar-refractivity contribution in [2.45, 2.75) is 58.2 Å². The summed E-state index contributed by atoms with van der Waals surface area (Å²) in [5.74, 6) is 0.747. The van der Waals surface area contributed by atoms with Crippen molar-refractivity contribution in [3.05, 3.63) is 87.5 Å². The first-order chi connectivity index (χ1) is 16.2. The summed E-state index contributed by atoms with van der Waals surface area (Å²) in [6.07, 6.45) is 4.52. The molecule has 1 N–H and O–H groups in total. The van der Waals surface area contributed by atoms with Crippen LogP contribution in [0, 0.1) is 6.92 Å². The number of tetrazole rings is 1. The maximum Gasteiger partial charge on any atom is 0.253 e. The van der Waals surface area contributed by atoms with Gasteiger partial charge < -0.3 is 4.98 Å². The van der Waals surface area contributed by atoms with Gasteiger partial charge in [0.1, 0.15) is 6.04 Å². The third-order valence-corrected chi connectivity index (χ3v) is 6.84. The summed E-state index contributed by atoms with van der Waals surface area (Å²) in [5.41, 5.74) is 3.72. The van der Waals surface area contributed by atoms with E-state index in [1.807, 2.05) is 54.1 Å². The van der Waals surface area contributed by atoms with Crippen LogP contribution in [0.3, 0.4) is 0 Å². The van der Waals surface area contributed by atoms with Gasteiger partial charge in [0.05, 0.1) is 11.6 Å². The standard InChI is InChI=1S/C26H30N6O/c1-3-31(17-19-11-5-4-6-12-19)24(25-28-29-30-32(25)21-14-7-8-15-21)22-16-20-13-9-10-18(2)23(20)27-26(22)33/h4-6,9-13,16,21,24H,3,7-8,14-15,17H2,1-2H3,(H,27,33). The number of para-hydroxylation sites is 1. The molecule has 2 aromatic heterocycles. The molecule has 2 aromatic carbocycles. The average molecular weight is 443 g/mol. The Labute approximate surface area is 193 Å². The molecule has 7 heteroatoms. The lowest BCUT2D eigenvalue weighted by atomic mass is 10.0. The summed E-state index contributed by atoms with van der Waals surface area (Å²) in [6, 6.07) is 18.4. The molecule has 1 aliphatic carbocycles. The maximum absolute atomic E-state index is 13.5. The molecule has 1 atom stereocenters. The Kier molecular flexibility index (Phi) is 6.05. The average Bonchev–Trinajstić information content (AvgIpc) is 3.52. The highest BCUT2D eigenvalue weighted by molar-refractivity contribution is 5.82. The predicted octanol–water partition coefficient (Wildman–Crippen LogP) is 4.55. The molecule has 1 fully saturated rings. The van der Waals surface area contributed by atoms with Crippen molar-refractivity contribution >= 4 is 10.9 Å². The molecule has 0 amide bonds. The molecular weight excluding hydrogens is 412 g/mol. The highest BCUT2D eigenvalue weighted by Gasteiger charge is 2.32. The molecule has 0 bridgehead atoms. The van der Waals surface area contributed by atoms with E-state index >= 15 is 0 Å². The lowest BCUT2D eigenvalue weighted by Crippen LogP contribution is -2.35. The third kappa shape index (κ3) is 4.20. The Morgan fingerprint density at radius 2 is 1.91 bits per heavy atom. The van der Waals surface area contributed by atoms with Crippen molar-refractivity contribution in [1.29, 1.82) is 0 Å². The number of nitrogens with zero attached hydrogens (tertiary/aromatic N) is 5. The monoisotopic (exact) mass is 442 g/mol. The van der Waals surface area contributed by atoms with E-state index in [2.05, 4.69) is 44.5 Å². The second-order valence-corrected chi connectivity index (χ2v) is 8.96. The van der Waals surface area contributed by atoms with Gasteiger partial charge in [-0.3, -0.25) is 9.69 Å². The van der Waals surface area contributed by atoms with Crippen LogP contribution in [0.25, 0.3) is 10.9 Å². The molecule has 0 spiro atoms. The van der Waals surface area contributed by atoms with Gasteiger partial charge in [0.2, 0.25) is 0 Å². The van der Waals surface area contributed by atoms with E-state index in [1.165, 1.54) is 18.4 Å². The summed E-state index contributed by atoms with van der Waals surface area (Å²) in [4.78, 5) is 18.9. The number of nitrogens with one attached hydrogen (secondary N) is 1. The van der Waals surface area contributed by atoms with Crippen LogP contribution in [0.2, 0.25) is 0 Å². The quantitative estimate of drug-likeness (QED) is 0.454. The molecule has 0 aliphatic heterocycles. The number of aromatic amines is 1. The molecular formula is C26H30N6O. The first-order valence-corrected chi connectivity index (χ1v) is 11.8. The molecule has 0 saturated heterocycles. The number of pyridine rings is 1. The number of rotatable bonds is 7. The van der Waals surface area contributed by atoms with Gasteiger partial charge in [-0.1, -0.05) is 68.3 Å². The number of benzene rings is 2. The van der Waals surface area contributed by atoms with Crippen LogP contribution in [-0.4, -0.2) is 36.6 Å². The van der Waals surface area contributed by atoms with Gasteiger partial charge in [-0.2, -0.15) is 0 Å². The zero-order chi connectivity index (χ0) is 22.8. The molecule has 4 aromatic rings. The highest BCUT2D eigenvalue weighted by atomic mass is 16.1. The Bertz CT molecular complexity index is 1290. The molecule has 1 saturated carbocycles. The number of H-pyrrole nitrogens is 1. The van der Waals surface area contributed by atoms with E-state index in [1.54, 1.807) is 0 Å². The normalized spacial score (nSPS) is 15.5. The van der Waals surface area contributed by atoms with Gasteiger partial charge in [0, 0.05) is 12.1 Å². The Morgan fingerprint density at radius 1 is 1.12 bits per heavy atom. The van der Waals surface area contributed by atoms with Crippen LogP contribution in [0.4, 0.5) is 0 Å². The van der Waals surface area contributed by atoms with Crippen molar-refractivity contribution in [2.75, 3.05) is 6.54 Å². The van der Waals surface area contributed by atoms with Crippen molar-refractivity contribution < 1.29 is 0 Å². The largest absolute Gasteiger partial charge is 0.321 e. The Hall–Kier alpha value is -3.32. The third-order valence-electron chi connectivity index (χ3n) is 6.84. The van der Waals surface area contributed by atoms with Gasteiger partial charge in [0.15, 0.2) is 5.82 Å². The van der Waals surface area contributed by atoms with Crippen molar-refractivity contribution in [1.82, 2.24) is 30.1 Å². The molecule has 33 heavy (non-hydrogen) atoms. The van der Waals surface area contributed by atoms with E-state index in [-0.39, 0.29) is 17.6 Å². The number of hydrogen-bond acceptors (Lipinski definition) is 5. The van der Waals surface area contributed by atoms with Crippen LogP contribution in [0.5, 0.6) is 0 Å². The van der Waals surface area contributed by atoms with E-state index in [4.69, 9.17) is 0 Å². The lowest BCUT2D eigenvalue weighted by molar-refractivity contribution is 0.210. The van der Waals surface area contributed by atoms with Crippen molar-refractivity contribution in [2.24, 2.45) is 0 Å². The molecule has 2 heterocycles. The van der Waals surface area contributed by atoms with Crippen LogP contribution < -0.4 is 5.56 Å². The fourth-order valence-electron chi connectivity index (χ4n) is 5.10. The van der Waals surface area contributed by atoms with Crippen molar-refractivity contribution in [3.8, 4) is 0 Å². The molecule has 7 nitrogen and oxygen atoms in total. The Balaban J connectivity index is 1.66. The maximum atomic E-state index is 13.5. The van der Waals surface area contributed by atoms with Gasteiger partial charge in [-0.25, -0.2) is 4.68 Å². The second kappa shape index (κ2) is 9.27. The lowest BCUT2D eigenvalue weighted by Gasteiger charge is -2.30. The van der Waals surface area contributed by atoms with Crippen molar-refractivity contribution in [3.63, 3.8) is 0 Å². The first kappa shape index (κ1) is 21.5. The minimum absolute atomic E-state index is 0.0886. The summed E-state index contributed by atoms with van der Waals surface area (Å²) >= 11 is 0. The summed E-state index contributed by atoms with van der Waals surface area (Å²) < 4.78 is 1.98. The van der Waals surface area contributed by atoms with Gasteiger partial charge in [0.25, 0.3) is 5.56 Å². The number of aryl methyl sites for hydroxylation is 1. The Morgan fingerprint density at radius 3 is 2.67 bits per heavy atom. The molecule has 1 unspecified atom stereocenters. The fraction of sp³-hybridized carbons (Fsp3) is 0.385. The summed E-state index contributed by atoms with van der Waals surface area (Å²) in [6.45, 7) is 5.59. The fourth-order valence-corrected chi connectivity index (χ4v) is 5.10. The van der Waals surface area contributed by atoms with Gasteiger partial charge in [-0.05, 0) is 59.3 Å². The van der Waals surface area contributed by atoms with E-state index < -0.39 is 0 Å².